The van der Waals surface area contributed by atoms with Gasteiger partial charge in [-0.05, 0) is 51.4 Å². The van der Waals surface area contributed by atoms with Gasteiger partial charge < -0.3 is 20.1 Å². The molecule has 0 aromatic heterocycles. The highest BCUT2D eigenvalue weighted by Gasteiger charge is 2.25. The standard InChI is InChI=1S/C39H60NO8P/c1-3-5-7-9-11-13-15-17-18-20-21-23-25-27-29-31-38(41)45-35-37(36-47-49(43,44)46-34-33-40)48-39(42)32-30-28-26-24-22-19-16-14-12-10-8-6-4-2/h5-22,37H,3-4,23-36,40H2,1-2H3,(H,43,44)/b7-5+,8-6+,11-9+,12-10+,15-13+,16-14+,18-17+,21-20+,22-19+. The Labute approximate surface area is 295 Å². The molecule has 10 heteroatoms. The first-order valence-electron chi connectivity index (χ1n) is 17.5. The fourth-order valence-electron chi connectivity index (χ4n) is 3.84. The van der Waals surface area contributed by atoms with Crippen molar-refractivity contribution in [2.45, 2.75) is 97.0 Å². The van der Waals surface area contributed by atoms with Crippen LogP contribution in [-0.2, 0) is 32.7 Å². The van der Waals surface area contributed by atoms with E-state index in [4.69, 9.17) is 24.3 Å². The molecule has 49 heavy (non-hydrogen) atoms. The molecule has 0 saturated carbocycles. The zero-order valence-corrected chi connectivity index (χ0v) is 30.5. The van der Waals surface area contributed by atoms with Crippen LogP contribution in [0.3, 0.4) is 0 Å². The zero-order valence-electron chi connectivity index (χ0n) is 29.6. The van der Waals surface area contributed by atoms with E-state index in [1.54, 1.807) is 0 Å². The summed E-state index contributed by atoms with van der Waals surface area (Å²) in [5.41, 5.74) is 5.31. The van der Waals surface area contributed by atoms with Gasteiger partial charge in [-0.2, -0.15) is 0 Å². The van der Waals surface area contributed by atoms with E-state index in [2.05, 4.69) is 38.2 Å². The van der Waals surface area contributed by atoms with E-state index in [0.29, 0.717) is 12.8 Å². The average Bonchev–Trinajstić information content (AvgIpc) is 3.08. The molecule has 0 fully saturated rings. The second-order valence-electron chi connectivity index (χ2n) is 10.8. The smallest absolute Gasteiger partial charge is 0.462 e. The Hall–Kier alpha value is -3.33. The quantitative estimate of drug-likeness (QED) is 0.0325. The average molecular weight is 702 g/mol. The van der Waals surface area contributed by atoms with Crippen LogP contribution in [0.15, 0.2) is 109 Å². The van der Waals surface area contributed by atoms with Crippen molar-refractivity contribution in [3.8, 4) is 0 Å². The van der Waals surface area contributed by atoms with Crippen LogP contribution in [0.25, 0.3) is 0 Å². The predicted molar refractivity (Wildman–Crippen MR) is 201 cm³/mol. The van der Waals surface area contributed by atoms with E-state index in [1.165, 1.54) is 0 Å². The van der Waals surface area contributed by atoms with E-state index < -0.39 is 32.5 Å². The number of rotatable bonds is 30. The van der Waals surface area contributed by atoms with E-state index in [9.17, 15) is 19.0 Å². The number of esters is 2. The lowest BCUT2D eigenvalue weighted by Gasteiger charge is -2.19. The molecular weight excluding hydrogens is 641 g/mol. The van der Waals surface area contributed by atoms with Gasteiger partial charge in [-0.15, -0.1) is 0 Å². The molecule has 0 amide bonds. The lowest BCUT2D eigenvalue weighted by Crippen LogP contribution is -2.29. The minimum absolute atomic E-state index is 0.0330. The van der Waals surface area contributed by atoms with Gasteiger partial charge in [0.15, 0.2) is 6.10 Å². The molecule has 9 nitrogen and oxygen atoms in total. The highest BCUT2D eigenvalue weighted by atomic mass is 31.2. The normalized spacial score (nSPS) is 14.8. The van der Waals surface area contributed by atoms with Gasteiger partial charge in [-0.25, -0.2) is 4.57 Å². The molecule has 0 spiro atoms. The van der Waals surface area contributed by atoms with Gasteiger partial charge in [-0.1, -0.05) is 136 Å². The van der Waals surface area contributed by atoms with Crippen LogP contribution in [-0.4, -0.2) is 49.3 Å². The molecule has 0 aliphatic carbocycles. The first kappa shape index (κ1) is 45.7. The Balaban J connectivity index is 4.46. The molecule has 0 aromatic rings. The molecule has 0 aliphatic heterocycles. The first-order chi connectivity index (χ1) is 23.8. The highest BCUT2D eigenvalue weighted by molar-refractivity contribution is 7.47. The molecule has 0 bridgehead atoms. The van der Waals surface area contributed by atoms with Gasteiger partial charge in [0.05, 0.1) is 13.2 Å². The van der Waals surface area contributed by atoms with E-state index in [-0.39, 0.29) is 32.6 Å². The number of carbonyl (C=O) groups is 2. The number of nitrogens with two attached hydrogens (primary N) is 1. The van der Waals surface area contributed by atoms with E-state index in [0.717, 1.165) is 51.4 Å². The van der Waals surface area contributed by atoms with Crippen LogP contribution >= 0.6 is 7.82 Å². The fraction of sp³-hybridized carbons (Fsp3) is 0.487. The summed E-state index contributed by atoms with van der Waals surface area (Å²) in [6.45, 7) is 3.28. The molecule has 0 radical (unpaired) electrons. The molecule has 0 aromatic carbocycles. The first-order valence-corrected chi connectivity index (χ1v) is 19.0. The summed E-state index contributed by atoms with van der Waals surface area (Å²) in [6.07, 6.45) is 44.1. The minimum Gasteiger partial charge on any atom is -0.462 e. The maximum atomic E-state index is 12.5. The van der Waals surface area contributed by atoms with Crippen molar-refractivity contribution in [3.63, 3.8) is 0 Å². The third-order valence-electron chi connectivity index (χ3n) is 6.38. The maximum Gasteiger partial charge on any atom is 0.472 e. The van der Waals surface area contributed by atoms with Crippen molar-refractivity contribution in [2.75, 3.05) is 26.4 Å². The summed E-state index contributed by atoms with van der Waals surface area (Å²) < 4.78 is 32.5. The molecule has 0 saturated heterocycles. The van der Waals surface area contributed by atoms with Gasteiger partial charge in [0.25, 0.3) is 0 Å². The van der Waals surface area contributed by atoms with Crippen LogP contribution in [0.5, 0.6) is 0 Å². The second kappa shape index (κ2) is 34.5. The van der Waals surface area contributed by atoms with Crippen molar-refractivity contribution in [3.05, 3.63) is 109 Å². The zero-order chi connectivity index (χ0) is 36.1. The molecular formula is C39H60NO8P. The number of ether oxygens (including phenoxy) is 2. The van der Waals surface area contributed by atoms with Crippen molar-refractivity contribution in [1.82, 2.24) is 0 Å². The van der Waals surface area contributed by atoms with Gasteiger partial charge in [0.1, 0.15) is 6.61 Å². The van der Waals surface area contributed by atoms with Gasteiger partial charge in [0, 0.05) is 19.4 Å². The van der Waals surface area contributed by atoms with Crippen molar-refractivity contribution >= 4 is 19.8 Å². The Bertz CT molecular complexity index is 1160. The van der Waals surface area contributed by atoms with Crippen LogP contribution in [0.1, 0.15) is 90.9 Å². The number of unbranched alkanes of at least 4 members (excludes halogenated alkanes) is 6. The Morgan fingerprint density at radius 2 is 1.06 bits per heavy atom. The molecule has 274 valence electrons. The van der Waals surface area contributed by atoms with Crippen molar-refractivity contribution < 1.29 is 37.6 Å². The third kappa shape index (κ3) is 34.3. The number of allylic oxidation sites excluding steroid dienone is 18. The summed E-state index contributed by atoms with van der Waals surface area (Å²) in [5.74, 6) is -0.942. The molecule has 3 N–H and O–H groups in total. The van der Waals surface area contributed by atoms with Crippen molar-refractivity contribution in [2.24, 2.45) is 5.73 Å². The number of hydrogen-bond donors (Lipinski definition) is 2. The topological polar surface area (TPSA) is 134 Å². The molecule has 2 unspecified atom stereocenters. The number of hydrogen-bond acceptors (Lipinski definition) is 8. The maximum absolute atomic E-state index is 12.5. The lowest BCUT2D eigenvalue weighted by molar-refractivity contribution is -0.161. The summed E-state index contributed by atoms with van der Waals surface area (Å²) >= 11 is 0. The van der Waals surface area contributed by atoms with Crippen molar-refractivity contribution in [1.29, 1.82) is 0 Å². The Morgan fingerprint density at radius 1 is 0.612 bits per heavy atom. The van der Waals surface area contributed by atoms with Crippen LogP contribution in [0.2, 0.25) is 0 Å². The number of phosphoric ester groups is 1. The highest BCUT2D eigenvalue weighted by Crippen LogP contribution is 2.43. The van der Waals surface area contributed by atoms with Gasteiger partial charge in [-0.3, -0.25) is 18.6 Å². The second-order valence-corrected chi connectivity index (χ2v) is 12.3. The molecule has 0 aliphatic rings. The summed E-state index contributed by atoms with van der Waals surface area (Å²) in [5, 5.41) is 0. The van der Waals surface area contributed by atoms with E-state index in [1.807, 2.05) is 85.1 Å². The number of carbonyl (C=O) groups excluding carboxylic acids is 2. The molecule has 2 atom stereocenters. The largest absolute Gasteiger partial charge is 0.472 e. The Morgan fingerprint density at radius 3 is 1.53 bits per heavy atom. The summed E-state index contributed by atoms with van der Waals surface area (Å²) in [7, 11) is -4.40. The van der Waals surface area contributed by atoms with Crippen LogP contribution in [0, 0.1) is 0 Å². The van der Waals surface area contributed by atoms with Gasteiger partial charge >= 0.3 is 19.8 Å². The number of phosphoric acid groups is 1. The molecule has 0 heterocycles. The lowest BCUT2D eigenvalue weighted by atomic mass is 10.1. The SMILES string of the molecule is CC/C=C/C=C/C=C/C=C/C=C/CCCCCC(=O)OCC(COP(=O)(O)OCCN)OC(=O)CCCCC/C=C/C=C/C=C/C=C/CC. The predicted octanol–water partition coefficient (Wildman–Crippen LogP) is 9.26. The van der Waals surface area contributed by atoms with E-state index >= 15 is 0 Å². The molecule has 0 rings (SSSR count). The minimum atomic E-state index is -4.40. The Kier molecular flexibility index (Phi) is 32.2. The van der Waals surface area contributed by atoms with Gasteiger partial charge in [0.2, 0.25) is 0 Å². The summed E-state index contributed by atoms with van der Waals surface area (Å²) in [4.78, 5) is 34.6. The monoisotopic (exact) mass is 701 g/mol. The summed E-state index contributed by atoms with van der Waals surface area (Å²) in [6, 6.07) is 0. The van der Waals surface area contributed by atoms with Crippen LogP contribution < -0.4 is 5.73 Å². The third-order valence-corrected chi connectivity index (χ3v) is 7.36. The fourth-order valence-corrected chi connectivity index (χ4v) is 4.60. The van der Waals surface area contributed by atoms with Crippen LogP contribution in [0.4, 0.5) is 0 Å².